The number of aryl methyl sites for hydroxylation is 1. The number of nitriles is 1. The van der Waals surface area contributed by atoms with Crippen LogP contribution in [0.2, 0.25) is 0 Å². The molecule has 3 N–H and O–H groups in total. The standard InChI is InChI=1S/C26H24N4O5S/c1-14-7-9-16(10-8-14)29-24(32)22-21(15-5-4-6-17(11-15)34-2)18(13-27)23(28)30-25(33)19(36-26(22)30)12-20(31)35-3/h4-11,19,21H,12,28H2,1-3H3,(H,29,32). The maximum Gasteiger partial charge on any atom is 0.307 e. The first-order valence-corrected chi connectivity index (χ1v) is 11.9. The number of amides is 2. The number of esters is 1. The van der Waals surface area contributed by atoms with E-state index in [1.807, 2.05) is 19.1 Å². The Morgan fingerprint density at radius 1 is 1.19 bits per heavy atom. The van der Waals surface area contributed by atoms with Crippen LogP contribution in [0.1, 0.15) is 23.5 Å². The lowest BCUT2D eigenvalue weighted by Gasteiger charge is -2.32. The van der Waals surface area contributed by atoms with Gasteiger partial charge in [-0.15, -0.1) is 0 Å². The average Bonchev–Trinajstić information content (AvgIpc) is 3.20. The van der Waals surface area contributed by atoms with Gasteiger partial charge in [-0.25, -0.2) is 0 Å². The van der Waals surface area contributed by atoms with Crippen molar-refractivity contribution in [2.24, 2.45) is 5.73 Å². The summed E-state index contributed by atoms with van der Waals surface area (Å²) in [6.45, 7) is 1.93. The van der Waals surface area contributed by atoms with Crippen LogP contribution in [0, 0.1) is 18.3 Å². The van der Waals surface area contributed by atoms with Gasteiger partial charge >= 0.3 is 5.97 Å². The number of allylic oxidation sites excluding steroid dienone is 1. The molecule has 2 aromatic carbocycles. The van der Waals surface area contributed by atoms with Gasteiger partial charge in [0.15, 0.2) is 0 Å². The van der Waals surface area contributed by atoms with Crippen LogP contribution in [0.5, 0.6) is 5.75 Å². The van der Waals surface area contributed by atoms with Gasteiger partial charge in [0.05, 0.1) is 48.8 Å². The van der Waals surface area contributed by atoms with Crippen LogP contribution in [0.3, 0.4) is 0 Å². The van der Waals surface area contributed by atoms with Crippen molar-refractivity contribution in [2.45, 2.75) is 24.5 Å². The highest BCUT2D eigenvalue weighted by molar-refractivity contribution is 8.04. The van der Waals surface area contributed by atoms with Gasteiger partial charge in [-0.1, -0.05) is 41.6 Å². The summed E-state index contributed by atoms with van der Waals surface area (Å²) < 4.78 is 10.1. The Labute approximate surface area is 212 Å². The fourth-order valence-corrected chi connectivity index (χ4v) is 5.46. The molecule has 0 aliphatic carbocycles. The van der Waals surface area contributed by atoms with Gasteiger partial charge in [-0.05, 0) is 36.8 Å². The molecule has 0 radical (unpaired) electrons. The molecule has 2 amide bonds. The predicted molar refractivity (Wildman–Crippen MR) is 134 cm³/mol. The van der Waals surface area contributed by atoms with Crippen LogP contribution >= 0.6 is 11.8 Å². The van der Waals surface area contributed by atoms with E-state index in [1.54, 1.807) is 36.4 Å². The normalized spacial score (nSPS) is 19.1. The van der Waals surface area contributed by atoms with Crippen LogP contribution in [0.4, 0.5) is 5.69 Å². The summed E-state index contributed by atoms with van der Waals surface area (Å²) in [7, 11) is 2.75. The van der Waals surface area contributed by atoms with E-state index in [0.29, 0.717) is 17.0 Å². The molecule has 0 saturated carbocycles. The van der Waals surface area contributed by atoms with Crippen LogP contribution < -0.4 is 15.8 Å². The van der Waals surface area contributed by atoms with E-state index in [2.05, 4.69) is 11.4 Å². The Morgan fingerprint density at radius 3 is 2.56 bits per heavy atom. The largest absolute Gasteiger partial charge is 0.497 e. The molecule has 184 valence electrons. The summed E-state index contributed by atoms with van der Waals surface area (Å²) in [5, 5.41) is 12.4. The van der Waals surface area contributed by atoms with E-state index in [9.17, 15) is 19.6 Å². The van der Waals surface area contributed by atoms with E-state index in [0.717, 1.165) is 22.2 Å². The first-order chi connectivity index (χ1) is 17.3. The molecular formula is C26H24N4O5S. The number of methoxy groups -OCH3 is 2. The zero-order valence-electron chi connectivity index (χ0n) is 19.9. The third kappa shape index (κ3) is 4.53. The molecule has 10 heteroatoms. The van der Waals surface area contributed by atoms with Gasteiger partial charge < -0.3 is 20.5 Å². The topological polar surface area (TPSA) is 135 Å². The zero-order chi connectivity index (χ0) is 26.0. The molecular weight excluding hydrogens is 480 g/mol. The van der Waals surface area contributed by atoms with Gasteiger partial charge in [0, 0.05) is 5.69 Å². The SMILES string of the molecule is COC(=O)CC1SC2=C(C(=O)Nc3ccc(C)cc3)C(c3cccc(OC)c3)C(C#N)=C(N)N2C1=O. The summed E-state index contributed by atoms with van der Waals surface area (Å²) in [6, 6.07) is 16.3. The van der Waals surface area contributed by atoms with E-state index in [1.165, 1.54) is 14.2 Å². The number of nitrogens with two attached hydrogens (primary N) is 1. The number of benzene rings is 2. The molecule has 0 aromatic heterocycles. The molecule has 2 aliphatic heterocycles. The van der Waals surface area contributed by atoms with Crippen molar-refractivity contribution in [3.63, 3.8) is 0 Å². The van der Waals surface area contributed by atoms with Crippen LogP contribution in [-0.2, 0) is 19.1 Å². The van der Waals surface area contributed by atoms with Gasteiger partial charge in [-0.2, -0.15) is 5.26 Å². The fourth-order valence-electron chi connectivity index (χ4n) is 4.13. The number of nitrogens with one attached hydrogen (secondary N) is 1. The first kappa shape index (κ1) is 24.9. The Kier molecular flexibility index (Phi) is 7.03. The molecule has 2 aliphatic rings. The second-order valence-corrected chi connectivity index (χ2v) is 9.41. The second kappa shape index (κ2) is 10.2. The molecule has 2 atom stereocenters. The van der Waals surface area contributed by atoms with Gasteiger partial charge in [0.25, 0.3) is 5.91 Å². The maximum absolute atomic E-state index is 13.8. The van der Waals surface area contributed by atoms with Crippen molar-refractivity contribution in [3.8, 4) is 11.8 Å². The highest BCUT2D eigenvalue weighted by Crippen LogP contribution is 2.50. The van der Waals surface area contributed by atoms with Crippen molar-refractivity contribution in [2.75, 3.05) is 19.5 Å². The molecule has 36 heavy (non-hydrogen) atoms. The quantitative estimate of drug-likeness (QED) is 0.573. The lowest BCUT2D eigenvalue weighted by molar-refractivity contribution is -0.142. The monoisotopic (exact) mass is 504 g/mol. The van der Waals surface area contributed by atoms with E-state index in [4.69, 9.17) is 15.2 Å². The minimum atomic E-state index is -0.862. The minimum absolute atomic E-state index is 0.0497. The molecule has 0 spiro atoms. The van der Waals surface area contributed by atoms with E-state index >= 15 is 0 Å². The van der Waals surface area contributed by atoms with Crippen LogP contribution in [0.15, 0.2) is 70.5 Å². The van der Waals surface area contributed by atoms with Crippen molar-refractivity contribution in [1.29, 1.82) is 5.26 Å². The third-order valence-corrected chi connectivity index (χ3v) is 7.24. The zero-order valence-corrected chi connectivity index (χ0v) is 20.7. The van der Waals surface area contributed by atoms with Crippen LogP contribution in [0.25, 0.3) is 0 Å². The van der Waals surface area contributed by atoms with Gasteiger partial charge in [0.2, 0.25) is 5.91 Å². The van der Waals surface area contributed by atoms with Gasteiger partial charge in [0.1, 0.15) is 16.8 Å². The predicted octanol–water partition coefficient (Wildman–Crippen LogP) is 3.15. The summed E-state index contributed by atoms with van der Waals surface area (Å²) in [4.78, 5) is 40.2. The summed E-state index contributed by atoms with van der Waals surface area (Å²) in [6.07, 6.45) is -0.203. The number of nitrogens with zero attached hydrogens (tertiary/aromatic N) is 2. The Morgan fingerprint density at radius 2 is 1.92 bits per heavy atom. The van der Waals surface area contributed by atoms with Gasteiger partial charge in [-0.3, -0.25) is 19.3 Å². The number of hydrogen-bond acceptors (Lipinski definition) is 8. The molecule has 2 aromatic rings. The fraction of sp³-hybridized carbons (Fsp3) is 0.231. The Bertz CT molecular complexity index is 1340. The highest BCUT2D eigenvalue weighted by Gasteiger charge is 2.48. The lowest BCUT2D eigenvalue weighted by Crippen LogP contribution is -2.39. The molecule has 0 bridgehead atoms. The number of carbonyl (C=O) groups excluding carboxylic acids is 3. The minimum Gasteiger partial charge on any atom is -0.497 e. The smallest absolute Gasteiger partial charge is 0.307 e. The highest BCUT2D eigenvalue weighted by atomic mass is 32.2. The average molecular weight is 505 g/mol. The number of thioether (sulfide) groups is 1. The van der Waals surface area contributed by atoms with E-state index in [-0.39, 0.29) is 28.4 Å². The molecule has 2 unspecified atom stereocenters. The van der Waals surface area contributed by atoms with Crippen molar-refractivity contribution < 1.29 is 23.9 Å². The van der Waals surface area contributed by atoms with E-state index < -0.39 is 29.0 Å². The van der Waals surface area contributed by atoms with Crippen molar-refractivity contribution in [3.05, 3.63) is 81.7 Å². The van der Waals surface area contributed by atoms with Crippen LogP contribution in [-0.4, -0.2) is 42.2 Å². The Hall–Kier alpha value is -4.23. The van der Waals surface area contributed by atoms with Crippen molar-refractivity contribution >= 4 is 35.2 Å². The second-order valence-electron chi connectivity index (χ2n) is 8.22. The molecule has 1 fully saturated rings. The maximum atomic E-state index is 13.8. The lowest BCUT2D eigenvalue weighted by atomic mass is 9.82. The number of carbonyl (C=O) groups is 3. The molecule has 4 rings (SSSR count). The molecule has 2 heterocycles. The molecule has 1 saturated heterocycles. The molecule has 9 nitrogen and oxygen atoms in total. The summed E-state index contributed by atoms with van der Waals surface area (Å²) >= 11 is 1.06. The summed E-state index contributed by atoms with van der Waals surface area (Å²) in [5.74, 6) is -1.95. The number of anilines is 1. The Balaban J connectivity index is 1.88. The van der Waals surface area contributed by atoms with Crippen molar-refractivity contribution in [1.82, 2.24) is 4.90 Å². The number of hydrogen-bond donors (Lipinski definition) is 2. The number of ether oxygens (including phenoxy) is 2. The number of rotatable bonds is 6. The number of fused-ring (bicyclic) bond motifs is 1. The first-order valence-electron chi connectivity index (χ1n) is 11.0. The third-order valence-electron chi connectivity index (χ3n) is 5.96. The summed E-state index contributed by atoms with van der Waals surface area (Å²) in [5.41, 5.74) is 8.76.